The summed E-state index contributed by atoms with van der Waals surface area (Å²) in [7, 11) is 1.38. The van der Waals surface area contributed by atoms with E-state index < -0.39 is 5.82 Å². The average molecular weight is 252 g/mol. The summed E-state index contributed by atoms with van der Waals surface area (Å²) in [4.78, 5) is 24.2. The van der Waals surface area contributed by atoms with Crippen LogP contribution in [0.3, 0.4) is 0 Å². The second kappa shape index (κ2) is 5.14. The quantitative estimate of drug-likeness (QED) is 0.786. The lowest BCUT2D eigenvalue weighted by atomic mass is 10.2. The fraction of sp³-hybridized carbons (Fsp3) is 0.333. The molecule has 2 amide bonds. The Labute approximate surface area is 104 Å². The van der Waals surface area contributed by atoms with Crippen molar-refractivity contribution in [2.45, 2.75) is 6.54 Å². The maximum atomic E-state index is 13.5. The van der Waals surface area contributed by atoms with Crippen molar-refractivity contribution >= 4 is 11.8 Å². The highest BCUT2D eigenvalue weighted by atomic mass is 19.1. The van der Waals surface area contributed by atoms with Crippen LogP contribution in [0.5, 0.6) is 5.75 Å². The van der Waals surface area contributed by atoms with E-state index in [1.165, 1.54) is 19.2 Å². The summed E-state index contributed by atoms with van der Waals surface area (Å²) in [5.74, 6) is -0.980. The number of hydrogen-bond acceptors (Lipinski definition) is 4. The van der Waals surface area contributed by atoms with Gasteiger partial charge in [-0.25, -0.2) is 4.39 Å². The first-order valence-corrected chi connectivity index (χ1v) is 5.48. The minimum atomic E-state index is -0.509. The van der Waals surface area contributed by atoms with Crippen LogP contribution in [0.2, 0.25) is 0 Å². The maximum Gasteiger partial charge on any atom is 0.243 e. The minimum absolute atomic E-state index is 0.0836. The number of piperazine rings is 1. The highest BCUT2D eigenvalue weighted by molar-refractivity contribution is 5.99. The first-order valence-electron chi connectivity index (χ1n) is 5.48. The average Bonchev–Trinajstić information content (AvgIpc) is 2.34. The zero-order chi connectivity index (χ0) is 13.1. The van der Waals surface area contributed by atoms with Gasteiger partial charge in [0.15, 0.2) is 11.6 Å². The number of methoxy groups -OCH3 is 1. The van der Waals surface area contributed by atoms with Gasteiger partial charge in [-0.15, -0.1) is 0 Å². The minimum Gasteiger partial charge on any atom is -0.494 e. The lowest BCUT2D eigenvalue weighted by Crippen LogP contribution is -2.51. The summed E-state index contributed by atoms with van der Waals surface area (Å²) >= 11 is 0. The van der Waals surface area contributed by atoms with E-state index in [2.05, 4.69) is 5.32 Å². The van der Waals surface area contributed by atoms with E-state index in [0.29, 0.717) is 5.56 Å². The molecule has 1 aliphatic heterocycles. The largest absolute Gasteiger partial charge is 0.494 e. The van der Waals surface area contributed by atoms with Gasteiger partial charge in [-0.3, -0.25) is 19.8 Å². The third-order valence-electron chi connectivity index (χ3n) is 2.71. The second-order valence-electron chi connectivity index (χ2n) is 3.95. The van der Waals surface area contributed by atoms with Gasteiger partial charge in [0.25, 0.3) is 0 Å². The standard InChI is InChI=1S/C12H13FN2O3/c1-18-10-3-2-8(4-9(10)13)7-15-11(16)5-14-6-12(15)17/h2-4,14H,5-7H2,1H3. The number of nitrogens with one attached hydrogen (secondary N) is 1. The molecule has 1 saturated heterocycles. The van der Waals surface area contributed by atoms with E-state index in [4.69, 9.17) is 4.74 Å². The van der Waals surface area contributed by atoms with E-state index >= 15 is 0 Å². The number of carbonyl (C=O) groups is 2. The van der Waals surface area contributed by atoms with Crippen molar-refractivity contribution in [1.82, 2.24) is 10.2 Å². The van der Waals surface area contributed by atoms with Crippen LogP contribution in [-0.2, 0) is 16.1 Å². The number of ether oxygens (including phenoxy) is 1. The molecule has 0 atom stereocenters. The smallest absolute Gasteiger partial charge is 0.243 e. The van der Waals surface area contributed by atoms with Gasteiger partial charge in [-0.05, 0) is 17.7 Å². The second-order valence-corrected chi connectivity index (χ2v) is 3.95. The number of nitrogens with zero attached hydrogens (tertiary/aromatic N) is 1. The van der Waals surface area contributed by atoms with Gasteiger partial charge in [0.1, 0.15) is 0 Å². The van der Waals surface area contributed by atoms with Crippen molar-refractivity contribution in [3.63, 3.8) is 0 Å². The molecule has 1 aromatic carbocycles. The fourth-order valence-corrected chi connectivity index (χ4v) is 1.77. The fourth-order valence-electron chi connectivity index (χ4n) is 1.77. The predicted octanol–water partition coefficient (Wildman–Crippen LogP) is 0.293. The summed E-state index contributed by atoms with van der Waals surface area (Å²) in [5, 5.41) is 2.69. The Morgan fingerprint density at radius 2 is 2.00 bits per heavy atom. The van der Waals surface area contributed by atoms with Crippen LogP contribution in [-0.4, -0.2) is 36.9 Å². The Kier molecular flexibility index (Phi) is 3.57. The molecular formula is C12H13FN2O3. The van der Waals surface area contributed by atoms with E-state index in [0.717, 1.165) is 4.90 Å². The molecule has 0 aliphatic carbocycles. The van der Waals surface area contributed by atoms with Crippen molar-refractivity contribution < 1.29 is 18.7 Å². The molecule has 1 N–H and O–H groups in total. The molecule has 1 aliphatic rings. The molecule has 1 aromatic rings. The Balaban J connectivity index is 2.15. The number of amides is 2. The molecule has 96 valence electrons. The van der Waals surface area contributed by atoms with E-state index in [1.807, 2.05) is 0 Å². The third-order valence-corrected chi connectivity index (χ3v) is 2.71. The van der Waals surface area contributed by atoms with Crippen molar-refractivity contribution in [3.8, 4) is 5.75 Å². The van der Waals surface area contributed by atoms with Crippen LogP contribution in [0, 0.1) is 5.82 Å². The van der Waals surface area contributed by atoms with Gasteiger partial charge < -0.3 is 4.74 Å². The summed E-state index contributed by atoms with van der Waals surface area (Å²) in [6, 6.07) is 4.37. The monoisotopic (exact) mass is 252 g/mol. The van der Waals surface area contributed by atoms with Crippen molar-refractivity contribution in [2.75, 3.05) is 20.2 Å². The van der Waals surface area contributed by atoms with Crippen LogP contribution >= 0.6 is 0 Å². The summed E-state index contributed by atoms with van der Waals surface area (Å²) in [5.41, 5.74) is 0.553. The van der Waals surface area contributed by atoms with E-state index in [-0.39, 0.29) is 37.2 Å². The molecule has 0 aromatic heterocycles. The normalized spacial score (nSPS) is 16.0. The topological polar surface area (TPSA) is 58.6 Å². The van der Waals surface area contributed by atoms with Gasteiger partial charge in [0, 0.05) is 0 Å². The molecule has 5 nitrogen and oxygen atoms in total. The molecule has 1 fully saturated rings. The van der Waals surface area contributed by atoms with Gasteiger partial charge in [0.2, 0.25) is 11.8 Å². The summed E-state index contributed by atoms with van der Waals surface area (Å²) in [6.07, 6.45) is 0. The molecule has 6 heteroatoms. The first-order chi connectivity index (χ1) is 8.61. The van der Waals surface area contributed by atoms with Crippen LogP contribution in [0.1, 0.15) is 5.56 Å². The Bertz CT molecular complexity index is 474. The lowest BCUT2D eigenvalue weighted by molar-refractivity contribution is -0.147. The molecule has 0 spiro atoms. The van der Waals surface area contributed by atoms with E-state index in [1.54, 1.807) is 6.07 Å². The van der Waals surface area contributed by atoms with Gasteiger partial charge in [0.05, 0.1) is 26.7 Å². The Morgan fingerprint density at radius 1 is 1.33 bits per heavy atom. The molecule has 0 unspecified atom stereocenters. The number of hydrogen-bond donors (Lipinski definition) is 1. The van der Waals surface area contributed by atoms with E-state index in [9.17, 15) is 14.0 Å². The first kappa shape index (κ1) is 12.5. The number of rotatable bonds is 3. The Morgan fingerprint density at radius 3 is 2.56 bits per heavy atom. The molecule has 2 rings (SSSR count). The van der Waals surface area contributed by atoms with Crippen LogP contribution in [0.15, 0.2) is 18.2 Å². The summed E-state index contributed by atoms with van der Waals surface area (Å²) in [6.45, 7) is 0.342. The zero-order valence-electron chi connectivity index (χ0n) is 9.90. The van der Waals surface area contributed by atoms with Gasteiger partial charge in [-0.2, -0.15) is 0 Å². The number of halogens is 1. The SMILES string of the molecule is COc1ccc(CN2C(=O)CNCC2=O)cc1F. The molecule has 18 heavy (non-hydrogen) atoms. The highest BCUT2D eigenvalue weighted by Crippen LogP contribution is 2.19. The number of carbonyl (C=O) groups excluding carboxylic acids is 2. The predicted molar refractivity (Wildman–Crippen MR) is 61.4 cm³/mol. The van der Waals surface area contributed by atoms with Gasteiger partial charge >= 0.3 is 0 Å². The lowest BCUT2D eigenvalue weighted by Gasteiger charge is -2.25. The van der Waals surface area contributed by atoms with Crippen LogP contribution in [0.4, 0.5) is 4.39 Å². The Hall–Kier alpha value is -1.95. The third kappa shape index (κ3) is 2.48. The number of benzene rings is 1. The molecule has 0 bridgehead atoms. The van der Waals surface area contributed by atoms with Gasteiger partial charge in [-0.1, -0.05) is 6.07 Å². The molecule has 1 heterocycles. The molecular weight excluding hydrogens is 239 g/mol. The molecule has 0 saturated carbocycles. The van der Waals surface area contributed by atoms with Crippen LogP contribution < -0.4 is 10.1 Å². The number of imide groups is 1. The van der Waals surface area contributed by atoms with Crippen molar-refractivity contribution in [2.24, 2.45) is 0 Å². The summed E-state index contributed by atoms with van der Waals surface area (Å²) < 4.78 is 18.3. The van der Waals surface area contributed by atoms with Crippen molar-refractivity contribution in [1.29, 1.82) is 0 Å². The maximum absolute atomic E-state index is 13.5. The zero-order valence-corrected chi connectivity index (χ0v) is 9.90. The van der Waals surface area contributed by atoms with Crippen LogP contribution in [0.25, 0.3) is 0 Å². The highest BCUT2D eigenvalue weighted by Gasteiger charge is 2.25. The molecule has 0 radical (unpaired) electrons. The van der Waals surface area contributed by atoms with Crippen molar-refractivity contribution in [3.05, 3.63) is 29.6 Å².